The summed E-state index contributed by atoms with van der Waals surface area (Å²) < 4.78 is 34.2. The average molecular weight is 1070 g/mol. The lowest BCUT2D eigenvalue weighted by Crippen LogP contribution is -2.66. The van der Waals surface area contributed by atoms with Crippen LogP contribution < -0.4 is 5.32 Å². The smallest absolute Gasteiger partial charge is 0.220 e. The maximum absolute atomic E-state index is 13.3. The molecule has 19 nitrogen and oxygen atoms in total. The van der Waals surface area contributed by atoms with Gasteiger partial charge in [-0.2, -0.15) is 0 Å². The highest BCUT2D eigenvalue weighted by atomic mass is 16.8. The third kappa shape index (κ3) is 24.4. The maximum Gasteiger partial charge on any atom is 0.220 e. The number of amides is 1. The van der Waals surface area contributed by atoms with Crippen LogP contribution in [-0.4, -0.2) is 193 Å². The molecule has 3 rings (SSSR count). The fourth-order valence-electron chi connectivity index (χ4n) is 10.3. The second-order valence-electron chi connectivity index (χ2n) is 21.5. The van der Waals surface area contributed by atoms with Crippen molar-refractivity contribution in [3.63, 3.8) is 0 Å². The van der Waals surface area contributed by atoms with Gasteiger partial charge in [0, 0.05) is 6.42 Å². The summed E-state index contributed by atoms with van der Waals surface area (Å²) in [4.78, 5) is 13.3. The van der Waals surface area contributed by atoms with Crippen molar-refractivity contribution < 1.29 is 89.4 Å². The fraction of sp³-hybridized carbons (Fsp3) is 0.982. The van der Waals surface area contributed by atoms with Crippen LogP contribution in [0.15, 0.2) is 0 Å². The number of aliphatic hydroxyl groups excluding tert-OH is 11. The van der Waals surface area contributed by atoms with Gasteiger partial charge in [0.25, 0.3) is 0 Å². The minimum atomic E-state index is -1.97. The summed E-state index contributed by atoms with van der Waals surface area (Å²) in [5, 5.41) is 120. The lowest BCUT2D eigenvalue weighted by molar-refractivity contribution is -0.379. The third-order valence-corrected chi connectivity index (χ3v) is 15.2. The number of unbranched alkanes of at least 4 members (excludes halogenated alkanes) is 27. The topological polar surface area (TPSA) is 307 Å². The first kappa shape index (κ1) is 67.1. The number of hydrogen-bond acceptors (Lipinski definition) is 18. The van der Waals surface area contributed by atoms with E-state index in [-0.39, 0.29) is 18.9 Å². The molecule has 3 saturated heterocycles. The zero-order valence-electron chi connectivity index (χ0n) is 45.3. The van der Waals surface area contributed by atoms with E-state index in [9.17, 15) is 61.0 Å². The van der Waals surface area contributed by atoms with E-state index in [1.807, 2.05) is 0 Å². The van der Waals surface area contributed by atoms with Gasteiger partial charge in [-0.3, -0.25) is 4.79 Å². The number of hydrogen-bond donors (Lipinski definition) is 12. The average Bonchev–Trinajstić information content (AvgIpc) is 3.40. The van der Waals surface area contributed by atoms with E-state index < -0.39 is 124 Å². The largest absolute Gasteiger partial charge is 0.394 e. The van der Waals surface area contributed by atoms with Crippen molar-refractivity contribution in [3.05, 3.63) is 0 Å². The first-order valence-electron chi connectivity index (χ1n) is 29.3. The molecule has 0 radical (unpaired) electrons. The van der Waals surface area contributed by atoms with Gasteiger partial charge in [0.15, 0.2) is 18.9 Å². The van der Waals surface area contributed by atoms with Gasteiger partial charge in [-0.1, -0.05) is 194 Å². The van der Waals surface area contributed by atoms with Crippen molar-refractivity contribution in [1.29, 1.82) is 0 Å². The molecule has 0 aromatic heterocycles. The summed E-state index contributed by atoms with van der Waals surface area (Å²) in [6, 6.07) is -0.878. The van der Waals surface area contributed by atoms with Crippen molar-refractivity contribution in [2.45, 2.75) is 317 Å². The molecule has 3 heterocycles. The standard InChI is InChI=1S/C55H105NO18/c1-3-5-7-9-11-13-15-16-17-18-19-20-21-22-23-24-26-28-30-32-39(60)38(56-43(61)33-31-29-27-25-14-12-10-8-6-4-2)37-69-53-49(67)46(64)51(41(35-58)71-53)74-55-50(68)47(65)52(42(36-59)72-55)73-54-48(66)45(63)44(62)40(34-57)70-54/h38-42,44-55,57-60,62-68H,3-37H2,1-2H3,(H,56,61). The Balaban J connectivity index is 1.49. The third-order valence-electron chi connectivity index (χ3n) is 15.2. The number of aliphatic hydroxyl groups is 11. The Morgan fingerprint density at radius 1 is 0.432 bits per heavy atom. The molecule has 0 aromatic rings. The monoisotopic (exact) mass is 1070 g/mol. The van der Waals surface area contributed by atoms with Crippen molar-refractivity contribution in [1.82, 2.24) is 5.32 Å². The molecular weight excluding hydrogens is 963 g/mol. The van der Waals surface area contributed by atoms with Crippen LogP contribution in [-0.2, 0) is 33.2 Å². The predicted molar refractivity (Wildman–Crippen MR) is 277 cm³/mol. The summed E-state index contributed by atoms with van der Waals surface area (Å²) in [5.74, 6) is -0.243. The molecule has 438 valence electrons. The number of rotatable bonds is 43. The number of ether oxygens (including phenoxy) is 6. The highest BCUT2D eigenvalue weighted by Crippen LogP contribution is 2.33. The molecule has 0 saturated carbocycles. The molecule has 19 heteroatoms. The predicted octanol–water partition coefficient (Wildman–Crippen LogP) is 4.43. The van der Waals surface area contributed by atoms with Gasteiger partial charge in [-0.25, -0.2) is 0 Å². The zero-order valence-corrected chi connectivity index (χ0v) is 45.3. The van der Waals surface area contributed by atoms with Crippen LogP contribution >= 0.6 is 0 Å². The fourth-order valence-corrected chi connectivity index (χ4v) is 10.3. The molecule has 0 aromatic carbocycles. The second-order valence-corrected chi connectivity index (χ2v) is 21.5. The zero-order chi connectivity index (χ0) is 54.1. The van der Waals surface area contributed by atoms with E-state index in [0.29, 0.717) is 12.8 Å². The minimum absolute atomic E-state index is 0.243. The van der Waals surface area contributed by atoms with Crippen LogP contribution in [0.3, 0.4) is 0 Å². The molecular formula is C55H105NO18. The summed E-state index contributed by atoms with van der Waals surface area (Å²) in [5.41, 5.74) is 0. The van der Waals surface area contributed by atoms with Gasteiger partial charge in [0.2, 0.25) is 5.91 Å². The lowest BCUT2D eigenvalue weighted by Gasteiger charge is -2.48. The van der Waals surface area contributed by atoms with E-state index in [4.69, 9.17) is 28.4 Å². The maximum atomic E-state index is 13.3. The van der Waals surface area contributed by atoms with Crippen molar-refractivity contribution >= 4 is 5.91 Å². The van der Waals surface area contributed by atoms with E-state index in [0.717, 1.165) is 44.9 Å². The number of carbonyl (C=O) groups excluding carboxylic acids is 1. The molecule has 0 bridgehead atoms. The van der Waals surface area contributed by atoms with Crippen molar-refractivity contribution in [3.8, 4) is 0 Å². The van der Waals surface area contributed by atoms with E-state index >= 15 is 0 Å². The van der Waals surface area contributed by atoms with Gasteiger partial charge in [-0.05, 0) is 12.8 Å². The summed E-state index contributed by atoms with van der Waals surface area (Å²) in [7, 11) is 0. The molecule has 0 aliphatic carbocycles. The SMILES string of the molecule is CCCCCCCCCCCCCCCCCCCCCC(O)C(COC1OC(CO)C(OC2OC(CO)C(OC3OC(CO)C(O)C(O)C3O)C(O)C2O)C(O)C1O)NC(=O)CCCCCCCCCCCC. The van der Waals surface area contributed by atoms with Gasteiger partial charge < -0.3 is 89.9 Å². The quantitative estimate of drug-likeness (QED) is 0.0376. The van der Waals surface area contributed by atoms with Crippen LogP contribution in [0.25, 0.3) is 0 Å². The van der Waals surface area contributed by atoms with E-state index in [1.165, 1.54) is 135 Å². The van der Waals surface area contributed by atoms with Crippen molar-refractivity contribution in [2.24, 2.45) is 0 Å². The van der Waals surface area contributed by atoms with Gasteiger partial charge >= 0.3 is 0 Å². The van der Waals surface area contributed by atoms with Gasteiger partial charge in [-0.15, -0.1) is 0 Å². The normalized spacial score (nSPS) is 31.4. The Morgan fingerprint density at radius 3 is 1.18 bits per heavy atom. The first-order valence-corrected chi connectivity index (χ1v) is 29.3. The number of nitrogens with one attached hydrogen (secondary N) is 1. The highest BCUT2D eigenvalue weighted by Gasteiger charge is 2.53. The molecule has 74 heavy (non-hydrogen) atoms. The van der Waals surface area contributed by atoms with Crippen LogP contribution in [0.4, 0.5) is 0 Å². The molecule has 3 fully saturated rings. The minimum Gasteiger partial charge on any atom is -0.394 e. The Bertz CT molecular complexity index is 1370. The molecule has 1 amide bonds. The second kappa shape index (κ2) is 40.0. The summed E-state index contributed by atoms with van der Waals surface area (Å²) >= 11 is 0. The molecule has 17 atom stereocenters. The van der Waals surface area contributed by atoms with Crippen LogP contribution in [0.2, 0.25) is 0 Å². The number of carbonyl (C=O) groups is 1. The first-order chi connectivity index (χ1) is 35.8. The Kier molecular flexibility index (Phi) is 36.3. The highest BCUT2D eigenvalue weighted by molar-refractivity contribution is 5.76. The molecule has 12 N–H and O–H groups in total. The van der Waals surface area contributed by atoms with Gasteiger partial charge in [0.1, 0.15) is 73.2 Å². The Morgan fingerprint density at radius 2 is 0.770 bits per heavy atom. The summed E-state index contributed by atoms with van der Waals surface area (Å²) in [6.45, 7) is 1.78. The van der Waals surface area contributed by atoms with Gasteiger partial charge in [0.05, 0.1) is 38.6 Å². The molecule has 3 aliphatic heterocycles. The Labute approximate surface area is 443 Å². The molecule has 17 unspecified atom stereocenters. The lowest BCUT2D eigenvalue weighted by atomic mass is 9.96. The Hall–Kier alpha value is -1.21. The van der Waals surface area contributed by atoms with E-state index in [1.54, 1.807) is 0 Å². The van der Waals surface area contributed by atoms with Crippen LogP contribution in [0, 0.1) is 0 Å². The van der Waals surface area contributed by atoms with E-state index in [2.05, 4.69) is 19.2 Å². The van der Waals surface area contributed by atoms with Crippen molar-refractivity contribution in [2.75, 3.05) is 26.4 Å². The van der Waals surface area contributed by atoms with Crippen LogP contribution in [0.5, 0.6) is 0 Å². The summed E-state index contributed by atoms with van der Waals surface area (Å²) in [6.07, 6.45) is 9.16. The molecule has 3 aliphatic rings. The molecule has 0 spiro atoms. The van der Waals surface area contributed by atoms with Crippen LogP contribution in [0.1, 0.15) is 213 Å².